The maximum Gasteiger partial charge on any atom is 0.303 e. The second kappa shape index (κ2) is 6.24. The van der Waals surface area contributed by atoms with Crippen molar-refractivity contribution in [2.45, 2.75) is 45.6 Å². The SMILES string of the molecule is CN(C[C@@H]1CC(=O)N(C(C)(C)C)C1)C(=O)CCC(=O)O. The van der Waals surface area contributed by atoms with E-state index in [2.05, 4.69) is 0 Å². The lowest BCUT2D eigenvalue weighted by Gasteiger charge is -2.32. The summed E-state index contributed by atoms with van der Waals surface area (Å²) in [6, 6.07) is 0. The molecule has 1 aliphatic heterocycles. The molecule has 1 fully saturated rings. The Morgan fingerprint density at radius 1 is 1.35 bits per heavy atom. The molecule has 6 nitrogen and oxygen atoms in total. The molecule has 0 saturated carbocycles. The van der Waals surface area contributed by atoms with Crippen LogP contribution in [-0.4, -0.2) is 58.4 Å². The van der Waals surface area contributed by atoms with E-state index >= 15 is 0 Å². The zero-order valence-corrected chi connectivity index (χ0v) is 12.7. The summed E-state index contributed by atoms with van der Waals surface area (Å²) in [4.78, 5) is 37.5. The summed E-state index contributed by atoms with van der Waals surface area (Å²) in [6.45, 7) is 7.13. The van der Waals surface area contributed by atoms with E-state index in [9.17, 15) is 14.4 Å². The standard InChI is InChI=1S/C14H24N2O4/c1-14(2,3)16-9-10(7-12(16)18)8-15(4)11(17)5-6-13(19)20/h10H,5-9H2,1-4H3,(H,19,20)/t10-/m0/s1. The second-order valence-corrected chi connectivity index (χ2v) is 6.41. The van der Waals surface area contributed by atoms with Crippen molar-refractivity contribution in [3.05, 3.63) is 0 Å². The van der Waals surface area contributed by atoms with Crippen LogP contribution < -0.4 is 0 Å². The molecule has 0 aliphatic carbocycles. The molecule has 1 N–H and O–H groups in total. The number of aliphatic carboxylic acids is 1. The molecule has 1 atom stereocenters. The van der Waals surface area contributed by atoms with Crippen molar-refractivity contribution in [2.24, 2.45) is 5.92 Å². The number of carboxylic acids is 1. The highest BCUT2D eigenvalue weighted by atomic mass is 16.4. The summed E-state index contributed by atoms with van der Waals surface area (Å²) in [5.41, 5.74) is -0.197. The van der Waals surface area contributed by atoms with Gasteiger partial charge in [-0.05, 0) is 20.8 Å². The highest BCUT2D eigenvalue weighted by Gasteiger charge is 2.36. The first-order valence-corrected chi connectivity index (χ1v) is 6.87. The van der Waals surface area contributed by atoms with Crippen molar-refractivity contribution in [1.82, 2.24) is 9.80 Å². The fourth-order valence-electron chi connectivity index (χ4n) is 2.45. The molecule has 0 aromatic heterocycles. The zero-order valence-electron chi connectivity index (χ0n) is 12.7. The predicted octanol–water partition coefficient (Wildman–Crippen LogP) is 0.957. The monoisotopic (exact) mass is 284 g/mol. The van der Waals surface area contributed by atoms with Crippen molar-refractivity contribution in [3.8, 4) is 0 Å². The molecule has 0 aromatic rings. The molecule has 0 aromatic carbocycles. The quantitative estimate of drug-likeness (QED) is 0.815. The van der Waals surface area contributed by atoms with Crippen LogP contribution in [-0.2, 0) is 14.4 Å². The molecular weight excluding hydrogens is 260 g/mol. The van der Waals surface area contributed by atoms with Gasteiger partial charge in [-0.15, -0.1) is 0 Å². The summed E-state index contributed by atoms with van der Waals surface area (Å²) >= 11 is 0. The van der Waals surface area contributed by atoms with E-state index in [1.165, 1.54) is 4.90 Å². The Hall–Kier alpha value is -1.59. The normalized spacial score (nSPS) is 19.3. The Balaban J connectivity index is 2.48. The minimum Gasteiger partial charge on any atom is -0.481 e. The van der Waals surface area contributed by atoms with Crippen LogP contribution in [0.4, 0.5) is 0 Å². The van der Waals surface area contributed by atoms with Crippen molar-refractivity contribution >= 4 is 17.8 Å². The summed E-state index contributed by atoms with van der Waals surface area (Å²) in [5.74, 6) is -0.912. The Kier molecular flexibility index (Phi) is 5.14. The van der Waals surface area contributed by atoms with E-state index in [0.29, 0.717) is 19.5 Å². The summed E-state index contributed by atoms with van der Waals surface area (Å²) < 4.78 is 0. The summed E-state index contributed by atoms with van der Waals surface area (Å²) in [7, 11) is 1.66. The largest absolute Gasteiger partial charge is 0.481 e. The average Bonchev–Trinajstić information content (AvgIpc) is 2.66. The maximum atomic E-state index is 11.9. The highest BCUT2D eigenvalue weighted by molar-refractivity contribution is 5.81. The van der Waals surface area contributed by atoms with E-state index in [0.717, 1.165) is 0 Å². The van der Waals surface area contributed by atoms with Gasteiger partial charge in [0.1, 0.15) is 0 Å². The van der Waals surface area contributed by atoms with Crippen LogP contribution in [0.15, 0.2) is 0 Å². The van der Waals surface area contributed by atoms with Gasteiger partial charge < -0.3 is 14.9 Å². The van der Waals surface area contributed by atoms with Gasteiger partial charge in [-0.25, -0.2) is 0 Å². The van der Waals surface area contributed by atoms with Crippen LogP contribution in [0.1, 0.15) is 40.0 Å². The number of hydrogen-bond donors (Lipinski definition) is 1. The van der Waals surface area contributed by atoms with E-state index in [1.54, 1.807) is 7.05 Å². The van der Waals surface area contributed by atoms with Crippen LogP contribution in [0.3, 0.4) is 0 Å². The van der Waals surface area contributed by atoms with Crippen LogP contribution in [0.25, 0.3) is 0 Å². The number of carbonyl (C=O) groups is 3. The molecular formula is C14H24N2O4. The van der Waals surface area contributed by atoms with Crippen molar-refractivity contribution < 1.29 is 19.5 Å². The first kappa shape index (κ1) is 16.5. The molecule has 2 amide bonds. The fourth-order valence-corrected chi connectivity index (χ4v) is 2.45. The van der Waals surface area contributed by atoms with Gasteiger partial charge in [0.2, 0.25) is 11.8 Å². The number of nitrogens with zero attached hydrogens (tertiary/aromatic N) is 2. The van der Waals surface area contributed by atoms with Gasteiger partial charge in [0.25, 0.3) is 0 Å². The number of likely N-dealkylation sites (tertiary alicyclic amines) is 1. The molecule has 0 spiro atoms. The Bertz CT molecular complexity index is 400. The third-order valence-electron chi connectivity index (χ3n) is 3.53. The summed E-state index contributed by atoms with van der Waals surface area (Å²) in [6.07, 6.45) is 0.310. The molecule has 0 bridgehead atoms. The lowest BCUT2D eigenvalue weighted by Crippen LogP contribution is -2.43. The number of hydrogen-bond acceptors (Lipinski definition) is 3. The molecule has 0 unspecified atom stereocenters. The smallest absolute Gasteiger partial charge is 0.303 e. The molecule has 6 heteroatoms. The van der Waals surface area contributed by atoms with Crippen molar-refractivity contribution in [1.29, 1.82) is 0 Å². The molecule has 1 rings (SSSR count). The zero-order chi connectivity index (χ0) is 15.5. The van der Waals surface area contributed by atoms with Crippen LogP contribution in [0, 0.1) is 5.92 Å². The number of carbonyl (C=O) groups excluding carboxylic acids is 2. The average molecular weight is 284 g/mol. The summed E-state index contributed by atoms with van der Waals surface area (Å²) in [5, 5.41) is 8.57. The first-order valence-electron chi connectivity index (χ1n) is 6.87. The lowest BCUT2D eigenvalue weighted by atomic mass is 10.1. The van der Waals surface area contributed by atoms with E-state index in [4.69, 9.17) is 5.11 Å². The van der Waals surface area contributed by atoms with E-state index in [1.807, 2.05) is 25.7 Å². The van der Waals surface area contributed by atoms with Crippen LogP contribution in [0.5, 0.6) is 0 Å². The van der Waals surface area contributed by atoms with Gasteiger partial charge in [0.05, 0.1) is 6.42 Å². The van der Waals surface area contributed by atoms with Gasteiger partial charge in [-0.3, -0.25) is 14.4 Å². The van der Waals surface area contributed by atoms with Gasteiger partial charge in [-0.1, -0.05) is 0 Å². The van der Waals surface area contributed by atoms with Gasteiger partial charge >= 0.3 is 5.97 Å². The number of carboxylic acid groups (broad SMARTS) is 1. The van der Waals surface area contributed by atoms with Gasteiger partial charge in [-0.2, -0.15) is 0 Å². The minimum absolute atomic E-state index is 0.00941. The molecule has 1 saturated heterocycles. The molecule has 0 radical (unpaired) electrons. The van der Waals surface area contributed by atoms with Gasteiger partial charge in [0.15, 0.2) is 0 Å². The highest BCUT2D eigenvalue weighted by Crippen LogP contribution is 2.26. The van der Waals surface area contributed by atoms with Gasteiger partial charge in [0, 0.05) is 44.4 Å². The molecule has 20 heavy (non-hydrogen) atoms. The third kappa shape index (κ3) is 4.51. The molecule has 1 heterocycles. The lowest BCUT2D eigenvalue weighted by molar-refractivity contribution is -0.140. The molecule has 1 aliphatic rings. The second-order valence-electron chi connectivity index (χ2n) is 6.41. The molecule has 114 valence electrons. The van der Waals surface area contributed by atoms with Crippen LogP contribution >= 0.6 is 0 Å². The minimum atomic E-state index is -0.971. The Labute approximate surface area is 119 Å². The predicted molar refractivity (Wildman–Crippen MR) is 74.1 cm³/mol. The fraction of sp³-hybridized carbons (Fsp3) is 0.786. The first-order chi connectivity index (χ1) is 9.11. The van der Waals surface area contributed by atoms with E-state index < -0.39 is 5.97 Å². The number of amides is 2. The third-order valence-corrected chi connectivity index (χ3v) is 3.53. The van der Waals surface area contributed by atoms with Crippen molar-refractivity contribution in [3.63, 3.8) is 0 Å². The Morgan fingerprint density at radius 3 is 2.40 bits per heavy atom. The number of rotatable bonds is 5. The topological polar surface area (TPSA) is 77.9 Å². The maximum absolute atomic E-state index is 11.9. The van der Waals surface area contributed by atoms with Crippen LogP contribution in [0.2, 0.25) is 0 Å². The van der Waals surface area contributed by atoms with Crippen molar-refractivity contribution in [2.75, 3.05) is 20.1 Å². The Morgan fingerprint density at radius 2 is 1.95 bits per heavy atom. The van der Waals surface area contributed by atoms with E-state index in [-0.39, 0.29) is 36.1 Å².